The summed E-state index contributed by atoms with van der Waals surface area (Å²) in [4.78, 5) is 20.2. The number of hydrogen-bond acceptors (Lipinski definition) is 4. The van der Waals surface area contributed by atoms with Crippen LogP contribution >= 0.6 is 0 Å². The predicted octanol–water partition coefficient (Wildman–Crippen LogP) is 2.39. The van der Waals surface area contributed by atoms with Crippen molar-refractivity contribution >= 4 is 5.91 Å². The monoisotopic (exact) mass is 330 g/mol. The van der Waals surface area contributed by atoms with E-state index in [-0.39, 0.29) is 18.1 Å². The molecule has 130 valence electrons. The molecule has 24 heavy (non-hydrogen) atoms. The molecule has 1 saturated carbocycles. The van der Waals surface area contributed by atoms with Crippen molar-refractivity contribution < 1.29 is 14.4 Å². The Morgan fingerprint density at radius 1 is 1.17 bits per heavy atom. The van der Waals surface area contributed by atoms with Gasteiger partial charge in [0.2, 0.25) is 5.91 Å². The first-order valence-electron chi connectivity index (χ1n) is 9.15. The van der Waals surface area contributed by atoms with Gasteiger partial charge < -0.3 is 9.64 Å². The summed E-state index contributed by atoms with van der Waals surface area (Å²) in [5.41, 5.74) is 1.17. The Balaban J connectivity index is 1.40. The Labute approximate surface area is 143 Å². The molecule has 1 aromatic rings. The van der Waals surface area contributed by atoms with Crippen LogP contribution in [-0.4, -0.2) is 54.8 Å². The third-order valence-corrected chi connectivity index (χ3v) is 5.20. The van der Waals surface area contributed by atoms with Gasteiger partial charge in [-0.25, -0.2) is 0 Å². The highest BCUT2D eigenvalue weighted by molar-refractivity contribution is 5.76. The minimum Gasteiger partial charge on any atom is -0.366 e. The average Bonchev–Trinajstić information content (AvgIpc) is 3.36. The first kappa shape index (κ1) is 16.1. The van der Waals surface area contributed by atoms with Gasteiger partial charge in [-0.3, -0.25) is 9.63 Å². The van der Waals surface area contributed by atoms with Crippen molar-refractivity contribution in [1.29, 1.82) is 0 Å². The zero-order chi connectivity index (χ0) is 16.4. The van der Waals surface area contributed by atoms with Crippen molar-refractivity contribution in [1.82, 2.24) is 9.96 Å². The number of carbonyl (C=O) groups is 1. The van der Waals surface area contributed by atoms with Gasteiger partial charge in [0.1, 0.15) is 6.10 Å². The quantitative estimate of drug-likeness (QED) is 0.831. The molecule has 5 nitrogen and oxygen atoms in total. The van der Waals surface area contributed by atoms with Gasteiger partial charge in [-0.05, 0) is 30.7 Å². The Kier molecular flexibility index (Phi) is 4.83. The molecule has 3 aliphatic rings. The predicted molar refractivity (Wildman–Crippen MR) is 90.1 cm³/mol. The summed E-state index contributed by atoms with van der Waals surface area (Å²) in [6.45, 7) is 3.82. The summed E-state index contributed by atoms with van der Waals surface area (Å²) in [5, 5.41) is 1.92. The molecule has 0 unspecified atom stereocenters. The Hall–Kier alpha value is -1.43. The number of rotatable bonds is 5. The molecule has 4 rings (SSSR count). The molecule has 0 N–H and O–H groups in total. The molecule has 2 saturated heterocycles. The molecule has 3 fully saturated rings. The number of benzene rings is 1. The zero-order valence-electron chi connectivity index (χ0n) is 14.1. The van der Waals surface area contributed by atoms with Crippen molar-refractivity contribution in [3.8, 4) is 0 Å². The van der Waals surface area contributed by atoms with Gasteiger partial charge in [-0.2, -0.15) is 5.06 Å². The van der Waals surface area contributed by atoms with E-state index in [4.69, 9.17) is 9.57 Å². The van der Waals surface area contributed by atoms with Crippen LogP contribution in [-0.2, 0) is 14.4 Å². The number of nitrogens with zero attached hydrogens (tertiary/aromatic N) is 2. The lowest BCUT2D eigenvalue weighted by Crippen LogP contribution is -2.48. The van der Waals surface area contributed by atoms with E-state index in [1.165, 1.54) is 18.4 Å². The minimum atomic E-state index is -0.00228. The minimum absolute atomic E-state index is 0.00228. The van der Waals surface area contributed by atoms with E-state index in [1.54, 1.807) is 0 Å². The molecular weight excluding hydrogens is 304 g/mol. The zero-order valence-corrected chi connectivity index (χ0v) is 14.1. The molecule has 0 bridgehead atoms. The van der Waals surface area contributed by atoms with E-state index in [9.17, 15) is 4.79 Å². The Morgan fingerprint density at radius 2 is 2.00 bits per heavy atom. The summed E-state index contributed by atoms with van der Waals surface area (Å²) in [5.74, 6) is 0.856. The van der Waals surface area contributed by atoms with E-state index < -0.39 is 0 Å². The van der Waals surface area contributed by atoms with Gasteiger partial charge in [-0.15, -0.1) is 0 Å². The van der Waals surface area contributed by atoms with Gasteiger partial charge in [-0.1, -0.05) is 30.3 Å². The standard InChI is InChI=1S/C19H26N2O3/c22-19(9-11-21-10-4-12-23-21)20-13-17(15-5-2-1-3-6-15)24-18(14-20)16-7-8-16/h1-3,5-6,16-18H,4,7-14H2/t17-,18+/m0/s1. The van der Waals surface area contributed by atoms with Crippen molar-refractivity contribution in [2.75, 3.05) is 32.8 Å². The van der Waals surface area contributed by atoms with Crippen LogP contribution in [0.3, 0.4) is 0 Å². The second-order valence-electron chi connectivity index (χ2n) is 7.08. The fourth-order valence-electron chi connectivity index (χ4n) is 3.63. The van der Waals surface area contributed by atoms with Crippen LogP contribution in [0.1, 0.15) is 37.4 Å². The van der Waals surface area contributed by atoms with Gasteiger partial charge in [0.25, 0.3) is 0 Å². The molecule has 0 spiro atoms. The lowest BCUT2D eigenvalue weighted by molar-refractivity contribution is -0.152. The summed E-state index contributed by atoms with van der Waals surface area (Å²) in [6.07, 6.45) is 4.24. The van der Waals surface area contributed by atoms with Crippen LogP contribution in [0.2, 0.25) is 0 Å². The van der Waals surface area contributed by atoms with E-state index in [0.29, 0.717) is 25.4 Å². The van der Waals surface area contributed by atoms with Crippen LogP contribution in [0, 0.1) is 5.92 Å². The van der Waals surface area contributed by atoms with Crippen molar-refractivity contribution in [2.45, 2.75) is 37.9 Å². The van der Waals surface area contributed by atoms with Gasteiger partial charge in [0, 0.05) is 26.1 Å². The molecule has 1 amide bonds. The lowest BCUT2D eigenvalue weighted by Gasteiger charge is -2.39. The largest absolute Gasteiger partial charge is 0.366 e. The number of morpholine rings is 1. The van der Waals surface area contributed by atoms with E-state index >= 15 is 0 Å². The number of amides is 1. The first-order chi connectivity index (χ1) is 11.8. The van der Waals surface area contributed by atoms with Crippen molar-refractivity contribution in [3.63, 3.8) is 0 Å². The highest BCUT2D eigenvalue weighted by Crippen LogP contribution is 2.39. The Bertz CT molecular complexity index is 555. The average molecular weight is 330 g/mol. The SMILES string of the molecule is O=C(CCN1CCCO1)N1C[C@@H](c2ccccc2)O[C@@H](C2CC2)C1. The maximum Gasteiger partial charge on any atom is 0.224 e. The van der Waals surface area contributed by atoms with Crippen LogP contribution in [0.5, 0.6) is 0 Å². The van der Waals surface area contributed by atoms with Gasteiger partial charge >= 0.3 is 0 Å². The number of ether oxygens (including phenoxy) is 1. The molecular formula is C19H26N2O3. The Morgan fingerprint density at radius 3 is 2.71 bits per heavy atom. The highest BCUT2D eigenvalue weighted by Gasteiger charge is 2.40. The molecule has 0 radical (unpaired) electrons. The van der Waals surface area contributed by atoms with E-state index in [2.05, 4.69) is 12.1 Å². The number of hydroxylamine groups is 2. The summed E-state index contributed by atoms with van der Waals surface area (Å²) in [6, 6.07) is 10.3. The second kappa shape index (κ2) is 7.21. The molecule has 5 heteroatoms. The molecule has 2 heterocycles. The third kappa shape index (κ3) is 3.79. The topological polar surface area (TPSA) is 42.0 Å². The van der Waals surface area contributed by atoms with Crippen molar-refractivity contribution in [2.24, 2.45) is 5.92 Å². The van der Waals surface area contributed by atoms with Crippen LogP contribution in [0.15, 0.2) is 30.3 Å². The number of hydrogen-bond donors (Lipinski definition) is 0. The van der Waals surface area contributed by atoms with Gasteiger partial charge in [0.15, 0.2) is 0 Å². The molecule has 1 aliphatic carbocycles. The smallest absolute Gasteiger partial charge is 0.224 e. The molecule has 0 aromatic heterocycles. The first-order valence-corrected chi connectivity index (χ1v) is 9.15. The molecule has 1 aromatic carbocycles. The second-order valence-corrected chi connectivity index (χ2v) is 7.08. The fraction of sp³-hybridized carbons (Fsp3) is 0.632. The van der Waals surface area contributed by atoms with Crippen LogP contribution in [0.25, 0.3) is 0 Å². The summed E-state index contributed by atoms with van der Waals surface area (Å²) >= 11 is 0. The maximum atomic E-state index is 12.7. The fourth-order valence-corrected chi connectivity index (χ4v) is 3.63. The van der Waals surface area contributed by atoms with Crippen LogP contribution < -0.4 is 0 Å². The van der Waals surface area contributed by atoms with Crippen molar-refractivity contribution in [3.05, 3.63) is 35.9 Å². The molecule has 2 atom stereocenters. The third-order valence-electron chi connectivity index (χ3n) is 5.20. The number of carbonyl (C=O) groups excluding carboxylic acids is 1. The van der Waals surface area contributed by atoms with Gasteiger partial charge in [0.05, 0.1) is 19.3 Å². The normalized spacial score (nSPS) is 28.2. The lowest BCUT2D eigenvalue weighted by atomic mass is 10.0. The summed E-state index contributed by atoms with van der Waals surface area (Å²) < 4.78 is 6.33. The van der Waals surface area contributed by atoms with E-state index in [0.717, 1.165) is 26.1 Å². The van der Waals surface area contributed by atoms with Crippen LogP contribution in [0.4, 0.5) is 0 Å². The maximum absolute atomic E-state index is 12.7. The highest BCUT2D eigenvalue weighted by atomic mass is 16.7. The van der Waals surface area contributed by atoms with E-state index in [1.807, 2.05) is 28.2 Å². The molecule has 2 aliphatic heterocycles. The summed E-state index contributed by atoms with van der Waals surface area (Å²) in [7, 11) is 0.